The number of hydrogen-bond acceptors (Lipinski definition) is 5. The molecule has 1 aliphatic rings. The molecule has 1 aromatic rings. The minimum atomic E-state index is -3.54. The highest BCUT2D eigenvalue weighted by molar-refractivity contribution is 8.63. The fraction of sp³-hybridized carbons (Fsp3) is 0.500. The molecule has 0 aromatic heterocycles. The monoisotopic (exact) mass is 361 g/mol. The van der Waals surface area contributed by atoms with E-state index in [0.717, 1.165) is 31.6 Å². The maximum Gasteiger partial charge on any atom is 0.237 e. The van der Waals surface area contributed by atoms with E-state index in [4.69, 9.17) is 4.74 Å². The van der Waals surface area contributed by atoms with Crippen molar-refractivity contribution in [2.24, 2.45) is 5.92 Å². The van der Waals surface area contributed by atoms with Crippen LogP contribution in [-0.2, 0) is 18.4 Å². The minimum Gasteiger partial charge on any atom is -0.381 e. The molecular formula is C14H19NO4S3. The van der Waals surface area contributed by atoms with Crippen LogP contribution in [0.1, 0.15) is 30.7 Å². The molecule has 1 aliphatic heterocycles. The maximum atomic E-state index is 12.1. The molecule has 0 spiro atoms. The molecule has 2 rings (SSSR count). The summed E-state index contributed by atoms with van der Waals surface area (Å²) in [6, 6.07) is 6.27. The predicted molar refractivity (Wildman–Crippen MR) is 90.6 cm³/mol. The highest BCUT2D eigenvalue weighted by Crippen LogP contribution is 2.30. The molecule has 122 valence electrons. The Morgan fingerprint density at radius 2 is 1.86 bits per heavy atom. The zero-order chi connectivity index (χ0) is 16.2. The second-order valence-corrected chi connectivity index (χ2v) is 8.45. The van der Waals surface area contributed by atoms with Crippen LogP contribution in [0, 0.1) is 5.92 Å². The lowest BCUT2D eigenvalue weighted by molar-refractivity contribution is -0.121. The van der Waals surface area contributed by atoms with Gasteiger partial charge in [-0.2, -0.15) is 0 Å². The summed E-state index contributed by atoms with van der Waals surface area (Å²) in [5, 5.41) is 0. The standard InChI is InChI=1S/C14H19NO4S3/c16-14(15-20)13(9-10-5-7-19-8-6-10)11-1-3-12(4-2-11)22(17,18)21/h1-4,10,13,20H,5-9H2,(H,15,16)(H,17,18,21). The minimum absolute atomic E-state index is 0.121. The number of carbonyl (C=O) groups excluding carboxylic acids is 1. The normalized spacial score (nSPS) is 17.9. The third kappa shape index (κ3) is 4.65. The molecule has 0 radical (unpaired) electrons. The van der Waals surface area contributed by atoms with Gasteiger partial charge in [0.05, 0.1) is 10.8 Å². The number of rotatable bonds is 5. The van der Waals surface area contributed by atoms with E-state index in [1.54, 1.807) is 12.1 Å². The quantitative estimate of drug-likeness (QED) is 0.555. The number of hydrogen-bond donors (Lipinski definition) is 3. The Hall–Kier alpha value is -0.700. The Balaban J connectivity index is 2.19. The van der Waals surface area contributed by atoms with Crippen molar-refractivity contribution in [1.29, 1.82) is 0 Å². The molecule has 0 bridgehead atoms. The molecule has 0 saturated carbocycles. The first-order chi connectivity index (χ1) is 10.4. The molecule has 5 nitrogen and oxygen atoms in total. The number of thiol groups is 2. The van der Waals surface area contributed by atoms with E-state index in [-0.39, 0.29) is 16.7 Å². The van der Waals surface area contributed by atoms with Crippen LogP contribution >= 0.6 is 24.5 Å². The summed E-state index contributed by atoms with van der Waals surface area (Å²) in [5.74, 6) is -0.119. The van der Waals surface area contributed by atoms with Crippen LogP contribution in [0.25, 0.3) is 0 Å². The van der Waals surface area contributed by atoms with E-state index in [1.165, 1.54) is 12.1 Å². The predicted octanol–water partition coefficient (Wildman–Crippen LogP) is 2.17. The molecule has 1 aromatic carbocycles. The Morgan fingerprint density at radius 3 is 2.36 bits per heavy atom. The molecule has 1 saturated heterocycles. The summed E-state index contributed by atoms with van der Waals surface area (Å²) >= 11 is 7.42. The van der Waals surface area contributed by atoms with Crippen molar-refractivity contribution in [3.05, 3.63) is 29.8 Å². The lowest BCUT2D eigenvalue weighted by atomic mass is 9.84. The van der Waals surface area contributed by atoms with E-state index in [0.29, 0.717) is 12.3 Å². The van der Waals surface area contributed by atoms with Gasteiger partial charge in [-0.3, -0.25) is 4.79 Å². The van der Waals surface area contributed by atoms with Gasteiger partial charge in [0.1, 0.15) is 0 Å². The first kappa shape index (κ1) is 17.7. The molecule has 1 atom stereocenters. The summed E-state index contributed by atoms with van der Waals surface area (Å²) in [5.41, 5.74) is 0.777. The number of ether oxygens (including phenoxy) is 1. The van der Waals surface area contributed by atoms with Crippen molar-refractivity contribution in [2.75, 3.05) is 13.2 Å². The van der Waals surface area contributed by atoms with E-state index in [9.17, 15) is 13.2 Å². The summed E-state index contributed by atoms with van der Waals surface area (Å²) in [4.78, 5) is 12.2. The fourth-order valence-corrected chi connectivity index (χ4v) is 3.66. The van der Waals surface area contributed by atoms with Crippen molar-refractivity contribution >= 4 is 39.3 Å². The highest BCUT2D eigenvalue weighted by atomic mass is 33.1. The van der Waals surface area contributed by atoms with E-state index in [2.05, 4.69) is 29.2 Å². The third-order valence-corrected chi connectivity index (χ3v) is 5.64. The van der Waals surface area contributed by atoms with Gasteiger partial charge < -0.3 is 9.46 Å². The van der Waals surface area contributed by atoms with Gasteiger partial charge in [-0.05, 0) is 54.5 Å². The van der Waals surface area contributed by atoms with Gasteiger partial charge in [0.15, 0.2) is 0 Å². The molecule has 1 heterocycles. The number of amides is 1. The van der Waals surface area contributed by atoms with Crippen LogP contribution in [0.4, 0.5) is 0 Å². The second-order valence-electron chi connectivity index (χ2n) is 5.36. The van der Waals surface area contributed by atoms with Crippen LogP contribution < -0.4 is 4.72 Å². The van der Waals surface area contributed by atoms with Crippen LogP contribution in [-0.4, -0.2) is 27.5 Å². The van der Waals surface area contributed by atoms with Gasteiger partial charge in [-0.15, -0.1) is 0 Å². The van der Waals surface area contributed by atoms with Crippen molar-refractivity contribution in [1.82, 2.24) is 4.72 Å². The lowest BCUT2D eigenvalue weighted by Gasteiger charge is -2.26. The van der Waals surface area contributed by atoms with Crippen LogP contribution in [0.3, 0.4) is 0 Å². The molecular weight excluding hydrogens is 342 g/mol. The number of nitrogens with one attached hydrogen (secondary N) is 1. The summed E-state index contributed by atoms with van der Waals surface area (Å²) in [6.45, 7) is 1.44. The molecule has 1 amide bonds. The van der Waals surface area contributed by atoms with Crippen LogP contribution in [0.15, 0.2) is 29.2 Å². The van der Waals surface area contributed by atoms with Crippen molar-refractivity contribution in [2.45, 2.75) is 30.1 Å². The molecule has 8 heteroatoms. The lowest BCUT2D eigenvalue weighted by Crippen LogP contribution is -2.26. The summed E-state index contributed by atoms with van der Waals surface area (Å²) in [6.07, 6.45) is 2.56. The van der Waals surface area contributed by atoms with E-state index >= 15 is 0 Å². The van der Waals surface area contributed by atoms with Crippen LogP contribution in [0.2, 0.25) is 0 Å². The molecule has 22 heavy (non-hydrogen) atoms. The van der Waals surface area contributed by atoms with E-state index in [1.807, 2.05) is 0 Å². The van der Waals surface area contributed by atoms with Gasteiger partial charge in [0.2, 0.25) is 14.8 Å². The Kier molecular flexibility index (Phi) is 6.19. The van der Waals surface area contributed by atoms with Crippen molar-refractivity contribution in [3.8, 4) is 0 Å². The number of benzene rings is 1. The maximum absolute atomic E-state index is 12.1. The van der Waals surface area contributed by atoms with Gasteiger partial charge >= 0.3 is 0 Å². The smallest absolute Gasteiger partial charge is 0.237 e. The topological polar surface area (TPSA) is 72.5 Å². The fourth-order valence-electron chi connectivity index (χ4n) is 2.66. The largest absolute Gasteiger partial charge is 0.381 e. The highest BCUT2D eigenvalue weighted by Gasteiger charge is 2.26. The summed E-state index contributed by atoms with van der Waals surface area (Å²) < 4.78 is 30.5. The van der Waals surface area contributed by atoms with Gasteiger partial charge in [0.25, 0.3) is 0 Å². The average molecular weight is 362 g/mol. The molecule has 1 unspecified atom stereocenters. The molecule has 1 fully saturated rings. The Bertz CT molecular complexity index is 609. The summed E-state index contributed by atoms with van der Waals surface area (Å²) in [7, 11) is -3.54. The molecule has 1 N–H and O–H groups in total. The third-order valence-electron chi connectivity index (χ3n) is 3.92. The first-order valence-electron chi connectivity index (χ1n) is 7.01. The Morgan fingerprint density at radius 1 is 1.27 bits per heavy atom. The van der Waals surface area contributed by atoms with Crippen molar-refractivity contribution in [3.63, 3.8) is 0 Å². The zero-order valence-electron chi connectivity index (χ0n) is 11.9. The van der Waals surface area contributed by atoms with Gasteiger partial charge in [-0.25, -0.2) is 8.42 Å². The van der Waals surface area contributed by atoms with Gasteiger partial charge in [0, 0.05) is 13.2 Å². The second kappa shape index (κ2) is 7.72. The first-order valence-corrected chi connectivity index (χ1v) is 9.99. The van der Waals surface area contributed by atoms with Gasteiger partial charge in [-0.1, -0.05) is 24.9 Å². The van der Waals surface area contributed by atoms with Crippen LogP contribution in [0.5, 0.6) is 0 Å². The average Bonchev–Trinajstić information content (AvgIpc) is 2.52. The van der Waals surface area contributed by atoms with Crippen molar-refractivity contribution < 1.29 is 17.9 Å². The van der Waals surface area contributed by atoms with E-state index < -0.39 is 8.87 Å². The Labute approximate surface area is 141 Å². The number of carbonyl (C=O) groups is 1. The SMILES string of the molecule is O=C(NS)C(CC1CCOCC1)c1ccc(S(=O)(=O)S)cc1. The molecule has 0 aliphatic carbocycles. The zero-order valence-corrected chi connectivity index (χ0v) is 14.5.